The first-order chi connectivity index (χ1) is 6.05. The Morgan fingerprint density at radius 3 is 2.46 bits per heavy atom. The van der Waals surface area contributed by atoms with Crippen LogP contribution >= 0.6 is 0 Å². The molecule has 0 atom stereocenters. The first kappa shape index (κ1) is 9.82. The molecule has 1 aromatic carbocycles. The van der Waals surface area contributed by atoms with Crippen molar-refractivity contribution >= 4 is 10.1 Å². The number of benzene rings is 1. The summed E-state index contributed by atoms with van der Waals surface area (Å²) in [6, 6.07) is 5.58. The van der Waals surface area contributed by atoms with Gasteiger partial charge in [0.15, 0.2) is 17.4 Å². The van der Waals surface area contributed by atoms with Gasteiger partial charge >= 0.3 is 10.1 Å². The van der Waals surface area contributed by atoms with Crippen molar-refractivity contribution in [3.63, 3.8) is 0 Å². The van der Waals surface area contributed by atoms with Gasteiger partial charge in [-0.1, -0.05) is 12.1 Å². The van der Waals surface area contributed by atoms with Crippen LogP contribution in [0.5, 0.6) is 11.5 Å². The van der Waals surface area contributed by atoms with Crippen LogP contribution in [0.1, 0.15) is 0 Å². The molecule has 0 aliphatic heterocycles. The van der Waals surface area contributed by atoms with E-state index in [0.29, 0.717) is 0 Å². The average Bonchev–Trinajstić information content (AvgIpc) is 2.09. The molecular weight excluding hydrogens is 196 g/mol. The zero-order valence-electron chi connectivity index (χ0n) is 6.54. The van der Waals surface area contributed by atoms with Crippen LogP contribution in [0.15, 0.2) is 24.3 Å². The summed E-state index contributed by atoms with van der Waals surface area (Å²) in [4.78, 5) is 0. The van der Waals surface area contributed by atoms with Crippen LogP contribution in [0.2, 0.25) is 0 Å². The zero-order chi connectivity index (χ0) is 9.90. The molecule has 0 fully saturated rings. The lowest BCUT2D eigenvalue weighted by molar-refractivity contribution is 0.335. The highest BCUT2D eigenvalue weighted by atomic mass is 32.2. The van der Waals surface area contributed by atoms with E-state index in [-0.39, 0.29) is 11.5 Å². The van der Waals surface area contributed by atoms with E-state index in [1.807, 2.05) is 0 Å². The summed E-state index contributed by atoms with van der Waals surface area (Å²) in [6.07, 6.45) is 0. The van der Waals surface area contributed by atoms with Gasteiger partial charge in [-0.25, -0.2) is 0 Å². The molecule has 0 bridgehead atoms. The lowest BCUT2D eigenvalue weighted by Gasteiger charge is -2.04. The third-order valence-electron chi connectivity index (χ3n) is 1.24. The van der Waals surface area contributed by atoms with Gasteiger partial charge in [0.05, 0.1) is 0 Å². The number of aliphatic hydroxyl groups excluding tert-OH is 1. The molecule has 0 heterocycles. The Morgan fingerprint density at radius 1 is 1.31 bits per heavy atom. The number of rotatable bonds is 3. The van der Waals surface area contributed by atoms with Crippen molar-refractivity contribution < 1.29 is 22.8 Å². The molecule has 0 unspecified atom stereocenters. The summed E-state index contributed by atoms with van der Waals surface area (Å²) in [5.41, 5.74) is 0. The highest BCUT2D eigenvalue weighted by Crippen LogP contribution is 2.25. The second-order valence-corrected chi connectivity index (χ2v) is 3.78. The minimum atomic E-state index is -4.00. The lowest BCUT2D eigenvalue weighted by Crippen LogP contribution is -2.13. The average molecular weight is 204 g/mol. The monoisotopic (exact) mass is 204 g/mol. The van der Waals surface area contributed by atoms with Crippen molar-refractivity contribution in [2.45, 2.75) is 0 Å². The van der Waals surface area contributed by atoms with Crippen LogP contribution in [0.3, 0.4) is 0 Å². The molecule has 0 saturated heterocycles. The maximum absolute atomic E-state index is 10.7. The fourth-order valence-corrected chi connectivity index (χ4v) is 1.16. The molecule has 0 spiro atoms. The van der Waals surface area contributed by atoms with Gasteiger partial charge in [-0.05, 0) is 12.1 Å². The Hall–Kier alpha value is -1.27. The highest BCUT2D eigenvalue weighted by molar-refractivity contribution is 7.86. The lowest BCUT2D eigenvalue weighted by atomic mass is 10.3. The maximum Gasteiger partial charge on any atom is 0.333 e. The van der Waals surface area contributed by atoms with Gasteiger partial charge in [0, 0.05) is 0 Å². The smallest absolute Gasteiger partial charge is 0.333 e. The van der Waals surface area contributed by atoms with E-state index in [4.69, 9.17) is 10.2 Å². The SMILES string of the molecule is O=S(=O)(CO)Oc1ccccc1O. The van der Waals surface area contributed by atoms with Gasteiger partial charge in [0.25, 0.3) is 0 Å². The molecule has 72 valence electrons. The molecule has 5 nitrogen and oxygen atoms in total. The Balaban J connectivity index is 2.93. The normalized spacial score (nSPS) is 11.2. The molecule has 6 heteroatoms. The third kappa shape index (κ3) is 2.60. The van der Waals surface area contributed by atoms with Crippen LogP contribution in [-0.2, 0) is 10.1 Å². The molecule has 1 aromatic rings. The van der Waals surface area contributed by atoms with Gasteiger partial charge in [0.2, 0.25) is 0 Å². The summed E-state index contributed by atoms with van der Waals surface area (Å²) >= 11 is 0. The molecule has 0 amide bonds. The standard InChI is InChI=1S/C7H8O5S/c8-5-13(10,11)12-7-4-2-1-3-6(7)9/h1-4,8-9H,5H2. The Morgan fingerprint density at radius 2 is 1.92 bits per heavy atom. The fourth-order valence-electron chi connectivity index (χ4n) is 0.691. The van der Waals surface area contributed by atoms with Crippen molar-refractivity contribution in [3.8, 4) is 11.5 Å². The van der Waals surface area contributed by atoms with Crippen molar-refractivity contribution in [1.82, 2.24) is 0 Å². The van der Waals surface area contributed by atoms with Gasteiger partial charge < -0.3 is 14.4 Å². The molecule has 1 rings (SSSR count). The summed E-state index contributed by atoms with van der Waals surface area (Å²) in [7, 11) is -4.00. The molecule has 0 saturated carbocycles. The summed E-state index contributed by atoms with van der Waals surface area (Å²) < 4.78 is 25.8. The van der Waals surface area contributed by atoms with Gasteiger partial charge in [-0.15, -0.1) is 0 Å². The van der Waals surface area contributed by atoms with Crippen molar-refractivity contribution in [2.24, 2.45) is 0 Å². The predicted octanol–water partition coefficient (Wildman–Crippen LogP) is 0.0506. The topological polar surface area (TPSA) is 83.8 Å². The first-order valence-corrected chi connectivity index (χ1v) is 4.94. The van der Waals surface area contributed by atoms with E-state index in [9.17, 15) is 8.42 Å². The number of aromatic hydroxyl groups is 1. The van der Waals surface area contributed by atoms with Crippen LogP contribution in [0.25, 0.3) is 0 Å². The zero-order valence-corrected chi connectivity index (χ0v) is 7.36. The van der Waals surface area contributed by atoms with E-state index in [1.165, 1.54) is 24.3 Å². The molecule has 13 heavy (non-hydrogen) atoms. The Labute approximate surface area is 75.3 Å². The van der Waals surface area contributed by atoms with E-state index in [2.05, 4.69) is 4.18 Å². The van der Waals surface area contributed by atoms with Crippen molar-refractivity contribution in [3.05, 3.63) is 24.3 Å². The molecular formula is C7H8O5S. The Bertz CT molecular complexity index is 384. The number of phenolic OH excluding ortho intramolecular Hbond substituents is 1. The van der Waals surface area contributed by atoms with E-state index >= 15 is 0 Å². The van der Waals surface area contributed by atoms with Crippen LogP contribution in [-0.4, -0.2) is 24.6 Å². The van der Waals surface area contributed by atoms with E-state index in [1.54, 1.807) is 0 Å². The number of para-hydroxylation sites is 2. The molecule has 0 aromatic heterocycles. The summed E-state index contributed by atoms with van der Waals surface area (Å²) in [5, 5.41) is 17.4. The van der Waals surface area contributed by atoms with Crippen LogP contribution in [0, 0.1) is 0 Å². The maximum atomic E-state index is 10.7. The molecule has 0 aliphatic rings. The highest BCUT2D eigenvalue weighted by Gasteiger charge is 2.12. The Kier molecular flexibility index (Phi) is 2.74. The van der Waals surface area contributed by atoms with Crippen molar-refractivity contribution in [2.75, 3.05) is 5.94 Å². The molecule has 2 N–H and O–H groups in total. The number of phenols is 1. The second-order valence-electron chi connectivity index (χ2n) is 2.24. The second kappa shape index (κ2) is 3.63. The minimum absolute atomic E-state index is 0.198. The van der Waals surface area contributed by atoms with Gasteiger partial charge in [0.1, 0.15) is 0 Å². The molecule has 0 radical (unpaired) electrons. The summed E-state index contributed by atoms with van der Waals surface area (Å²) in [6.45, 7) is 0. The van der Waals surface area contributed by atoms with Gasteiger partial charge in [-0.3, -0.25) is 0 Å². The van der Waals surface area contributed by atoms with E-state index in [0.717, 1.165) is 0 Å². The predicted molar refractivity (Wildman–Crippen MR) is 44.7 cm³/mol. The number of hydrogen-bond donors (Lipinski definition) is 2. The molecule has 0 aliphatic carbocycles. The fraction of sp³-hybridized carbons (Fsp3) is 0.143. The largest absolute Gasteiger partial charge is 0.504 e. The van der Waals surface area contributed by atoms with Crippen LogP contribution < -0.4 is 4.18 Å². The minimum Gasteiger partial charge on any atom is -0.504 e. The first-order valence-electron chi connectivity index (χ1n) is 3.36. The quantitative estimate of drug-likeness (QED) is 0.680. The van der Waals surface area contributed by atoms with E-state index < -0.39 is 16.1 Å². The van der Waals surface area contributed by atoms with Gasteiger partial charge in [-0.2, -0.15) is 8.42 Å². The third-order valence-corrected chi connectivity index (χ3v) is 1.99. The van der Waals surface area contributed by atoms with Crippen molar-refractivity contribution in [1.29, 1.82) is 0 Å². The van der Waals surface area contributed by atoms with Crippen LogP contribution in [0.4, 0.5) is 0 Å². The number of aliphatic hydroxyl groups is 1. The number of hydrogen-bond acceptors (Lipinski definition) is 5. The summed E-state index contributed by atoms with van der Waals surface area (Å²) in [5.74, 6) is -1.61.